The van der Waals surface area contributed by atoms with Crippen LogP contribution in [0.4, 0.5) is 0 Å². The topological polar surface area (TPSA) is 55.4 Å². The molecule has 84 valence electrons. The first-order chi connectivity index (χ1) is 7.72. The monoisotopic (exact) mass is 219 g/mol. The second-order valence-corrected chi connectivity index (χ2v) is 3.78. The van der Waals surface area contributed by atoms with E-state index in [1.54, 1.807) is 0 Å². The van der Waals surface area contributed by atoms with Crippen LogP contribution in [0.3, 0.4) is 0 Å². The molecule has 0 aromatic heterocycles. The lowest BCUT2D eigenvalue weighted by molar-refractivity contribution is -0.143. The van der Waals surface area contributed by atoms with Crippen LogP contribution in [-0.4, -0.2) is 25.0 Å². The minimum absolute atomic E-state index is 0.110. The van der Waals surface area contributed by atoms with Crippen LogP contribution in [0.5, 0.6) is 0 Å². The number of carbonyl (C=O) groups is 2. The number of benzene rings is 1. The molecule has 1 aromatic rings. The number of carbonyl (C=O) groups excluding carboxylic acids is 2. The van der Waals surface area contributed by atoms with Crippen molar-refractivity contribution in [2.75, 3.05) is 7.11 Å². The molecule has 2 rings (SSSR count). The minimum atomic E-state index is -0.511. The van der Waals surface area contributed by atoms with Gasteiger partial charge in [0.15, 0.2) is 0 Å². The van der Waals surface area contributed by atoms with Crippen LogP contribution < -0.4 is 5.32 Å². The third kappa shape index (κ3) is 1.91. The average molecular weight is 219 g/mol. The van der Waals surface area contributed by atoms with Gasteiger partial charge >= 0.3 is 5.97 Å². The molecular formula is C12H13NO3. The van der Waals surface area contributed by atoms with Gasteiger partial charge in [0.05, 0.1) is 13.0 Å². The van der Waals surface area contributed by atoms with Crippen LogP contribution in [0.15, 0.2) is 30.3 Å². The first kappa shape index (κ1) is 10.7. The van der Waals surface area contributed by atoms with Gasteiger partial charge in [-0.25, -0.2) is 4.79 Å². The average Bonchev–Trinajstić information content (AvgIpc) is 2.71. The van der Waals surface area contributed by atoms with Crippen molar-refractivity contribution in [1.29, 1.82) is 0 Å². The van der Waals surface area contributed by atoms with Crippen LogP contribution in [0.25, 0.3) is 0 Å². The van der Waals surface area contributed by atoms with Crippen molar-refractivity contribution in [2.45, 2.75) is 18.4 Å². The van der Waals surface area contributed by atoms with Crippen molar-refractivity contribution in [3.05, 3.63) is 35.9 Å². The Bertz CT molecular complexity index is 402. The number of hydrogen-bond acceptors (Lipinski definition) is 3. The summed E-state index contributed by atoms with van der Waals surface area (Å²) in [5.74, 6) is -0.737. The first-order valence-corrected chi connectivity index (χ1v) is 5.15. The molecule has 2 atom stereocenters. The Kier molecular flexibility index (Phi) is 2.90. The number of ether oxygens (including phenoxy) is 1. The van der Waals surface area contributed by atoms with E-state index in [-0.39, 0.29) is 17.8 Å². The summed E-state index contributed by atoms with van der Waals surface area (Å²) in [6, 6.07) is 8.94. The zero-order chi connectivity index (χ0) is 11.5. The molecular weight excluding hydrogens is 206 g/mol. The van der Waals surface area contributed by atoms with Crippen molar-refractivity contribution >= 4 is 11.9 Å². The highest BCUT2D eigenvalue weighted by atomic mass is 16.5. The molecule has 0 bridgehead atoms. The Morgan fingerprint density at radius 2 is 2.06 bits per heavy atom. The van der Waals surface area contributed by atoms with E-state index < -0.39 is 6.04 Å². The maximum absolute atomic E-state index is 11.7. The number of methoxy groups -OCH3 is 1. The van der Waals surface area contributed by atoms with E-state index in [0.29, 0.717) is 6.42 Å². The molecule has 1 aromatic carbocycles. The summed E-state index contributed by atoms with van der Waals surface area (Å²) >= 11 is 0. The van der Waals surface area contributed by atoms with Crippen LogP contribution >= 0.6 is 0 Å². The fraction of sp³-hybridized carbons (Fsp3) is 0.333. The van der Waals surface area contributed by atoms with Gasteiger partial charge < -0.3 is 10.1 Å². The zero-order valence-electron chi connectivity index (χ0n) is 8.97. The maximum Gasteiger partial charge on any atom is 0.328 e. The number of hydrogen-bond donors (Lipinski definition) is 1. The van der Waals surface area contributed by atoms with Crippen molar-refractivity contribution in [1.82, 2.24) is 5.32 Å². The van der Waals surface area contributed by atoms with Gasteiger partial charge in [-0.15, -0.1) is 0 Å². The van der Waals surface area contributed by atoms with E-state index in [1.165, 1.54) is 7.11 Å². The van der Waals surface area contributed by atoms with Gasteiger partial charge in [0, 0.05) is 0 Å². The lowest BCUT2D eigenvalue weighted by Gasteiger charge is -2.06. The Labute approximate surface area is 93.6 Å². The molecule has 0 saturated carbocycles. The standard InChI is InChI=1S/C12H13NO3/c1-16-12(15)10-7-9(11(14)13-10)8-5-3-2-4-6-8/h2-6,9-10H,7H2,1H3,(H,13,14)/t9?,10-/m0/s1. The normalized spacial score (nSPS) is 23.9. The molecule has 1 N–H and O–H groups in total. The van der Waals surface area contributed by atoms with Gasteiger partial charge in [-0.2, -0.15) is 0 Å². The summed E-state index contributed by atoms with van der Waals surface area (Å²) in [6.07, 6.45) is 0.468. The summed E-state index contributed by atoms with van der Waals surface area (Å²) in [5, 5.41) is 2.64. The highest BCUT2D eigenvalue weighted by molar-refractivity contribution is 5.92. The van der Waals surface area contributed by atoms with E-state index >= 15 is 0 Å². The van der Waals surface area contributed by atoms with Crippen LogP contribution in [0.1, 0.15) is 17.9 Å². The molecule has 4 nitrogen and oxygen atoms in total. The summed E-state index contributed by atoms with van der Waals surface area (Å²) in [7, 11) is 1.32. The lowest BCUT2D eigenvalue weighted by Crippen LogP contribution is -2.33. The predicted octanol–water partition coefficient (Wildman–Crippen LogP) is 0.832. The zero-order valence-corrected chi connectivity index (χ0v) is 8.97. The van der Waals surface area contributed by atoms with Crippen molar-refractivity contribution < 1.29 is 14.3 Å². The molecule has 1 aliphatic rings. The first-order valence-electron chi connectivity index (χ1n) is 5.15. The molecule has 16 heavy (non-hydrogen) atoms. The molecule has 1 amide bonds. The maximum atomic E-state index is 11.7. The van der Waals surface area contributed by atoms with Crippen molar-refractivity contribution in [3.8, 4) is 0 Å². The van der Waals surface area contributed by atoms with Crippen molar-refractivity contribution in [3.63, 3.8) is 0 Å². The predicted molar refractivity (Wildman–Crippen MR) is 57.7 cm³/mol. The van der Waals surface area contributed by atoms with Gasteiger partial charge in [0.2, 0.25) is 5.91 Å². The Balaban J connectivity index is 2.14. The Morgan fingerprint density at radius 3 is 2.69 bits per heavy atom. The molecule has 1 heterocycles. The molecule has 1 aliphatic heterocycles. The number of rotatable bonds is 2. The molecule has 1 unspecified atom stereocenters. The molecule has 4 heteroatoms. The molecule has 0 radical (unpaired) electrons. The second kappa shape index (κ2) is 4.35. The van der Waals surface area contributed by atoms with Gasteiger partial charge in [-0.3, -0.25) is 4.79 Å². The molecule has 1 saturated heterocycles. The molecule has 0 aliphatic carbocycles. The number of esters is 1. The lowest BCUT2D eigenvalue weighted by atomic mass is 9.96. The number of nitrogens with one attached hydrogen (secondary N) is 1. The highest BCUT2D eigenvalue weighted by Gasteiger charge is 2.37. The summed E-state index contributed by atoms with van der Waals surface area (Å²) < 4.78 is 4.61. The second-order valence-electron chi connectivity index (χ2n) is 3.78. The Morgan fingerprint density at radius 1 is 1.38 bits per heavy atom. The fourth-order valence-corrected chi connectivity index (χ4v) is 1.94. The van der Waals surface area contributed by atoms with Crippen LogP contribution in [-0.2, 0) is 14.3 Å². The molecule has 1 fully saturated rings. The van der Waals surface area contributed by atoms with Gasteiger partial charge in [0.25, 0.3) is 0 Å². The summed E-state index contributed by atoms with van der Waals surface area (Å²) in [6.45, 7) is 0. The largest absolute Gasteiger partial charge is 0.467 e. The van der Waals surface area contributed by atoms with Crippen molar-refractivity contribution in [2.24, 2.45) is 0 Å². The highest BCUT2D eigenvalue weighted by Crippen LogP contribution is 2.26. The van der Waals surface area contributed by atoms with E-state index in [4.69, 9.17) is 0 Å². The van der Waals surface area contributed by atoms with E-state index in [1.807, 2.05) is 30.3 Å². The number of amides is 1. The fourth-order valence-electron chi connectivity index (χ4n) is 1.94. The molecule has 0 spiro atoms. The third-order valence-corrected chi connectivity index (χ3v) is 2.79. The van der Waals surface area contributed by atoms with E-state index in [0.717, 1.165) is 5.56 Å². The van der Waals surface area contributed by atoms with E-state index in [9.17, 15) is 9.59 Å². The third-order valence-electron chi connectivity index (χ3n) is 2.79. The van der Waals surface area contributed by atoms with Crippen LogP contribution in [0.2, 0.25) is 0 Å². The van der Waals surface area contributed by atoms with Crippen LogP contribution in [0, 0.1) is 0 Å². The Hall–Kier alpha value is -1.84. The summed E-state index contributed by atoms with van der Waals surface area (Å²) in [4.78, 5) is 23.0. The van der Waals surface area contributed by atoms with Gasteiger partial charge in [-0.1, -0.05) is 30.3 Å². The van der Waals surface area contributed by atoms with Gasteiger partial charge in [0.1, 0.15) is 6.04 Å². The minimum Gasteiger partial charge on any atom is -0.467 e. The summed E-state index contributed by atoms with van der Waals surface area (Å²) in [5.41, 5.74) is 0.936. The quantitative estimate of drug-likeness (QED) is 0.750. The van der Waals surface area contributed by atoms with Gasteiger partial charge in [-0.05, 0) is 12.0 Å². The SMILES string of the molecule is COC(=O)[C@@H]1CC(c2ccccc2)C(=O)N1. The van der Waals surface area contributed by atoms with E-state index in [2.05, 4.69) is 10.1 Å². The smallest absolute Gasteiger partial charge is 0.328 e.